The third kappa shape index (κ3) is 6.93. The van der Waals surface area contributed by atoms with Gasteiger partial charge in [0, 0.05) is 15.7 Å². The highest BCUT2D eigenvalue weighted by molar-refractivity contribution is 9.10. The number of halogens is 1. The molecule has 0 saturated carbocycles. The predicted octanol–water partition coefficient (Wildman–Crippen LogP) is 5.37. The van der Waals surface area contributed by atoms with Crippen molar-refractivity contribution in [2.75, 3.05) is 18.5 Å². The summed E-state index contributed by atoms with van der Waals surface area (Å²) in [6.45, 7) is 2.81. The predicted molar refractivity (Wildman–Crippen MR) is 123 cm³/mol. The van der Waals surface area contributed by atoms with Gasteiger partial charge in [-0.3, -0.25) is 0 Å². The summed E-state index contributed by atoms with van der Waals surface area (Å²) < 4.78 is 12.4. The van der Waals surface area contributed by atoms with E-state index in [1.807, 2.05) is 67.6 Å². The van der Waals surface area contributed by atoms with E-state index in [1.54, 1.807) is 12.1 Å². The van der Waals surface area contributed by atoms with Gasteiger partial charge in [0.25, 0.3) is 0 Å². The van der Waals surface area contributed by atoms with E-state index in [0.717, 1.165) is 15.8 Å². The summed E-state index contributed by atoms with van der Waals surface area (Å²) in [6.07, 6.45) is 1.53. The van der Waals surface area contributed by atoms with Crippen LogP contribution in [0.25, 0.3) is 0 Å². The van der Waals surface area contributed by atoms with Crippen LogP contribution in [-0.2, 0) is 0 Å². The van der Waals surface area contributed by atoms with E-state index in [0.29, 0.717) is 24.7 Å². The zero-order valence-corrected chi connectivity index (χ0v) is 18.1. The van der Waals surface area contributed by atoms with Gasteiger partial charge in [0.15, 0.2) is 0 Å². The maximum absolute atomic E-state index is 11.9. The number of rotatable bonds is 8. The highest BCUT2D eigenvalue weighted by atomic mass is 79.9. The van der Waals surface area contributed by atoms with Crippen molar-refractivity contribution in [3.8, 4) is 11.5 Å². The molecule has 30 heavy (non-hydrogen) atoms. The van der Waals surface area contributed by atoms with E-state index < -0.39 is 6.03 Å². The molecule has 0 aliphatic heterocycles. The van der Waals surface area contributed by atoms with Crippen LogP contribution in [0.5, 0.6) is 11.5 Å². The van der Waals surface area contributed by atoms with E-state index in [9.17, 15) is 4.79 Å². The molecule has 0 fully saturated rings. The highest BCUT2D eigenvalue weighted by Crippen LogP contribution is 2.22. The molecule has 6 nitrogen and oxygen atoms in total. The minimum absolute atomic E-state index is 0.373. The van der Waals surface area contributed by atoms with Crippen molar-refractivity contribution in [1.29, 1.82) is 0 Å². The number of nitrogens with one attached hydrogen (secondary N) is 2. The van der Waals surface area contributed by atoms with Crippen LogP contribution in [-0.4, -0.2) is 25.5 Å². The largest absolute Gasteiger partial charge is 0.490 e. The first-order chi connectivity index (χ1) is 14.6. The molecule has 2 amide bonds. The van der Waals surface area contributed by atoms with Crippen LogP contribution < -0.4 is 20.2 Å². The second kappa shape index (κ2) is 11.0. The molecule has 7 heteroatoms. The van der Waals surface area contributed by atoms with Gasteiger partial charge in [0.05, 0.1) is 6.21 Å². The zero-order valence-electron chi connectivity index (χ0n) is 16.5. The Morgan fingerprint density at radius 1 is 1.00 bits per heavy atom. The molecule has 0 bridgehead atoms. The molecule has 0 atom stereocenters. The first kappa shape index (κ1) is 21.4. The number of hydrogen-bond donors (Lipinski definition) is 2. The average Bonchev–Trinajstić information content (AvgIpc) is 2.74. The summed E-state index contributed by atoms with van der Waals surface area (Å²) >= 11 is 3.44. The van der Waals surface area contributed by atoms with E-state index in [4.69, 9.17) is 9.47 Å². The molecular weight excluding hydrogens is 446 g/mol. The molecule has 0 saturated heterocycles. The summed E-state index contributed by atoms with van der Waals surface area (Å²) in [4.78, 5) is 11.9. The second-order valence-electron chi connectivity index (χ2n) is 6.38. The molecule has 0 radical (unpaired) electrons. The Kier molecular flexibility index (Phi) is 7.86. The maximum atomic E-state index is 11.9. The summed E-state index contributed by atoms with van der Waals surface area (Å²) in [5.74, 6) is 1.44. The van der Waals surface area contributed by atoms with Crippen LogP contribution in [0, 0.1) is 6.92 Å². The number of carbonyl (C=O) groups is 1. The van der Waals surface area contributed by atoms with Crippen LogP contribution >= 0.6 is 15.9 Å². The fourth-order valence-corrected chi connectivity index (χ4v) is 2.92. The lowest BCUT2D eigenvalue weighted by Crippen LogP contribution is -2.24. The van der Waals surface area contributed by atoms with Gasteiger partial charge in [0.1, 0.15) is 24.7 Å². The van der Waals surface area contributed by atoms with Crippen molar-refractivity contribution in [2.24, 2.45) is 5.10 Å². The van der Waals surface area contributed by atoms with Crippen LogP contribution in [0.3, 0.4) is 0 Å². The van der Waals surface area contributed by atoms with Crippen molar-refractivity contribution in [1.82, 2.24) is 5.43 Å². The van der Waals surface area contributed by atoms with Crippen molar-refractivity contribution >= 4 is 33.9 Å². The summed E-state index contributed by atoms with van der Waals surface area (Å²) in [7, 11) is 0. The first-order valence-electron chi connectivity index (χ1n) is 9.37. The SMILES string of the molecule is Cc1ccc(OCCOc2ccc(Br)cc2C=NNC(=O)Nc2ccccc2)cc1. The van der Waals surface area contributed by atoms with Crippen LogP contribution in [0.15, 0.2) is 82.4 Å². The highest BCUT2D eigenvalue weighted by Gasteiger charge is 2.04. The molecule has 0 spiro atoms. The Labute approximate surface area is 184 Å². The number of ether oxygens (including phenoxy) is 2. The van der Waals surface area contributed by atoms with Gasteiger partial charge < -0.3 is 14.8 Å². The van der Waals surface area contributed by atoms with E-state index in [1.165, 1.54) is 11.8 Å². The zero-order chi connectivity index (χ0) is 21.2. The number of aryl methyl sites for hydroxylation is 1. The van der Waals surface area contributed by atoms with Gasteiger partial charge in [-0.05, 0) is 49.4 Å². The molecule has 2 N–H and O–H groups in total. The smallest absolute Gasteiger partial charge is 0.339 e. The normalized spacial score (nSPS) is 10.6. The molecule has 0 heterocycles. The van der Waals surface area contributed by atoms with Gasteiger partial charge in [-0.1, -0.05) is 51.8 Å². The van der Waals surface area contributed by atoms with Crippen molar-refractivity contribution in [2.45, 2.75) is 6.92 Å². The fourth-order valence-electron chi connectivity index (χ4n) is 2.54. The lowest BCUT2D eigenvalue weighted by atomic mass is 10.2. The third-order valence-electron chi connectivity index (χ3n) is 4.00. The Hall–Kier alpha value is -3.32. The Balaban J connectivity index is 1.51. The van der Waals surface area contributed by atoms with Crippen molar-refractivity contribution in [3.05, 3.63) is 88.4 Å². The number of hydrogen-bond acceptors (Lipinski definition) is 4. The number of para-hydroxylation sites is 1. The number of amides is 2. The van der Waals surface area contributed by atoms with Gasteiger partial charge in [-0.2, -0.15) is 5.10 Å². The number of urea groups is 1. The molecule has 0 unspecified atom stereocenters. The third-order valence-corrected chi connectivity index (χ3v) is 4.50. The van der Waals surface area contributed by atoms with E-state index in [-0.39, 0.29) is 0 Å². The number of hydrazone groups is 1. The molecule has 154 valence electrons. The Morgan fingerprint density at radius 2 is 1.73 bits per heavy atom. The minimum atomic E-state index is -0.429. The average molecular weight is 468 g/mol. The van der Waals surface area contributed by atoms with Gasteiger partial charge in [-0.15, -0.1) is 0 Å². The van der Waals surface area contributed by atoms with Crippen molar-refractivity contribution < 1.29 is 14.3 Å². The topological polar surface area (TPSA) is 72.0 Å². The van der Waals surface area contributed by atoms with Crippen molar-refractivity contribution in [3.63, 3.8) is 0 Å². The first-order valence-corrected chi connectivity index (χ1v) is 10.2. The van der Waals surface area contributed by atoms with Gasteiger partial charge in [-0.25, -0.2) is 10.2 Å². The number of benzene rings is 3. The number of carbonyl (C=O) groups excluding carboxylic acids is 1. The lowest BCUT2D eigenvalue weighted by molar-refractivity contribution is 0.217. The molecule has 0 aliphatic rings. The minimum Gasteiger partial charge on any atom is -0.490 e. The Bertz CT molecular complexity index is 992. The molecule has 3 rings (SSSR count). The standard InChI is InChI=1S/C23H22BrN3O3/c1-17-7-10-21(11-8-17)29-13-14-30-22-12-9-19(24)15-18(22)16-25-27-23(28)26-20-5-3-2-4-6-20/h2-12,15-16H,13-14H2,1H3,(H2,26,27,28). The van der Waals surface area contributed by atoms with Gasteiger partial charge >= 0.3 is 6.03 Å². The van der Waals surface area contributed by atoms with Gasteiger partial charge in [0.2, 0.25) is 0 Å². The quantitative estimate of drug-likeness (QED) is 0.265. The number of nitrogens with zero attached hydrogens (tertiary/aromatic N) is 1. The number of anilines is 1. The summed E-state index contributed by atoms with van der Waals surface area (Å²) in [5.41, 5.74) is 5.03. The van der Waals surface area contributed by atoms with E-state index in [2.05, 4.69) is 31.8 Å². The summed E-state index contributed by atoms with van der Waals surface area (Å²) in [6, 6.07) is 22.1. The van der Waals surface area contributed by atoms with Crippen LogP contribution in [0.1, 0.15) is 11.1 Å². The maximum Gasteiger partial charge on any atom is 0.339 e. The van der Waals surface area contributed by atoms with Crippen LogP contribution in [0.2, 0.25) is 0 Å². The molecular formula is C23H22BrN3O3. The summed E-state index contributed by atoms with van der Waals surface area (Å²) in [5, 5.41) is 6.70. The lowest BCUT2D eigenvalue weighted by Gasteiger charge is -2.11. The molecule has 0 aromatic heterocycles. The van der Waals surface area contributed by atoms with Crippen LogP contribution in [0.4, 0.5) is 10.5 Å². The molecule has 3 aromatic carbocycles. The Morgan fingerprint density at radius 3 is 2.50 bits per heavy atom. The molecule has 3 aromatic rings. The fraction of sp³-hybridized carbons (Fsp3) is 0.130. The second-order valence-corrected chi connectivity index (χ2v) is 7.30. The monoisotopic (exact) mass is 467 g/mol. The molecule has 0 aliphatic carbocycles. The van der Waals surface area contributed by atoms with E-state index >= 15 is 0 Å².